The number of aliphatic hydroxyl groups is 1. The number of nitrogens with zero attached hydrogens (tertiary/aromatic N) is 2. The Balaban J connectivity index is 1.77. The zero-order valence-electron chi connectivity index (χ0n) is 15.5. The van der Waals surface area contributed by atoms with Gasteiger partial charge in [0.25, 0.3) is 5.91 Å². The maximum Gasteiger partial charge on any atom is 0.251 e. The minimum atomic E-state index is -0.242. The Morgan fingerprint density at radius 2 is 2.12 bits per heavy atom. The fraction of sp³-hybridized carbons (Fsp3) is 0.550. The first-order chi connectivity index (χ1) is 12.6. The predicted octanol–water partition coefficient (Wildman–Crippen LogP) is 3.12. The lowest BCUT2D eigenvalue weighted by Gasteiger charge is -2.22. The minimum absolute atomic E-state index is 0.0635. The van der Waals surface area contributed by atoms with E-state index in [0.29, 0.717) is 17.6 Å². The molecule has 1 aliphatic carbocycles. The van der Waals surface area contributed by atoms with E-state index in [0.717, 1.165) is 30.2 Å². The van der Waals surface area contributed by atoms with Crippen molar-refractivity contribution < 1.29 is 9.90 Å². The van der Waals surface area contributed by atoms with Gasteiger partial charge in [0.1, 0.15) is 0 Å². The third-order valence-electron chi connectivity index (χ3n) is 5.38. The van der Waals surface area contributed by atoms with Crippen LogP contribution < -0.4 is 10.6 Å². The number of carbonyl (C=O) groups excluding carboxylic acids is 1. The van der Waals surface area contributed by atoms with E-state index in [-0.39, 0.29) is 24.5 Å². The zero-order chi connectivity index (χ0) is 18.5. The third-order valence-corrected chi connectivity index (χ3v) is 5.38. The van der Waals surface area contributed by atoms with Crippen LogP contribution in [0.4, 0.5) is 5.95 Å². The highest BCUT2D eigenvalue weighted by molar-refractivity contribution is 5.98. The quantitative estimate of drug-likeness (QED) is 0.709. The number of amides is 1. The van der Waals surface area contributed by atoms with Crippen molar-refractivity contribution >= 4 is 22.8 Å². The van der Waals surface area contributed by atoms with Crippen molar-refractivity contribution in [1.82, 2.24) is 15.3 Å². The summed E-state index contributed by atoms with van der Waals surface area (Å²) in [5.41, 5.74) is 1.29. The lowest BCUT2D eigenvalue weighted by molar-refractivity contribution is 0.0891. The maximum absolute atomic E-state index is 12.6. The van der Waals surface area contributed by atoms with Crippen LogP contribution in [-0.4, -0.2) is 39.7 Å². The standard InChI is InChI=1S/C20H28N4O2/c1-3-13(2)18(12-25)23-19(26)14-8-9-15-11-21-20(24-17(15)10-14)22-16-6-4-5-7-16/h8-11,13,16,18,25H,3-7,12H2,1-2H3,(H,23,26)(H,21,22,24). The molecule has 1 aromatic carbocycles. The van der Waals surface area contributed by atoms with Gasteiger partial charge < -0.3 is 15.7 Å². The monoisotopic (exact) mass is 356 g/mol. The van der Waals surface area contributed by atoms with Gasteiger partial charge in [0.15, 0.2) is 0 Å². The molecule has 0 saturated heterocycles. The van der Waals surface area contributed by atoms with Crippen LogP contribution in [0.1, 0.15) is 56.3 Å². The first kappa shape index (κ1) is 18.6. The number of benzene rings is 1. The summed E-state index contributed by atoms with van der Waals surface area (Å²) in [6.45, 7) is 4.01. The molecule has 1 fully saturated rings. The van der Waals surface area contributed by atoms with Crippen molar-refractivity contribution in [2.75, 3.05) is 11.9 Å². The molecule has 0 bridgehead atoms. The van der Waals surface area contributed by atoms with Gasteiger partial charge in [-0.15, -0.1) is 0 Å². The molecule has 0 aliphatic heterocycles. The number of fused-ring (bicyclic) bond motifs is 1. The molecule has 26 heavy (non-hydrogen) atoms. The van der Waals surface area contributed by atoms with E-state index in [4.69, 9.17) is 0 Å². The molecule has 3 rings (SSSR count). The summed E-state index contributed by atoms with van der Waals surface area (Å²) < 4.78 is 0. The molecule has 0 spiro atoms. The highest BCUT2D eigenvalue weighted by atomic mass is 16.3. The Morgan fingerprint density at radius 3 is 2.81 bits per heavy atom. The van der Waals surface area contributed by atoms with Crippen LogP contribution in [0.25, 0.3) is 10.9 Å². The molecule has 1 aromatic heterocycles. The van der Waals surface area contributed by atoms with Gasteiger partial charge in [-0.2, -0.15) is 0 Å². The van der Waals surface area contributed by atoms with Crippen molar-refractivity contribution in [2.45, 2.75) is 58.0 Å². The highest BCUT2D eigenvalue weighted by Gasteiger charge is 2.19. The van der Waals surface area contributed by atoms with Crippen molar-refractivity contribution in [3.63, 3.8) is 0 Å². The van der Waals surface area contributed by atoms with E-state index in [1.165, 1.54) is 12.8 Å². The van der Waals surface area contributed by atoms with E-state index >= 15 is 0 Å². The van der Waals surface area contributed by atoms with Crippen LogP contribution in [0.5, 0.6) is 0 Å². The van der Waals surface area contributed by atoms with Crippen LogP contribution in [0.3, 0.4) is 0 Å². The summed E-state index contributed by atoms with van der Waals surface area (Å²) in [6.07, 6.45) is 7.49. The Labute approximate surface area is 154 Å². The predicted molar refractivity (Wildman–Crippen MR) is 103 cm³/mol. The topological polar surface area (TPSA) is 87.1 Å². The lowest BCUT2D eigenvalue weighted by atomic mass is 9.99. The van der Waals surface area contributed by atoms with Crippen molar-refractivity contribution in [2.24, 2.45) is 5.92 Å². The minimum Gasteiger partial charge on any atom is -0.394 e. The first-order valence-corrected chi connectivity index (χ1v) is 9.55. The molecule has 6 nitrogen and oxygen atoms in total. The first-order valence-electron chi connectivity index (χ1n) is 9.55. The molecule has 2 unspecified atom stereocenters. The molecule has 1 saturated carbocycles. The normalized spacial score (nSPS) is 17.2. The molecule has 0 radical (unpaired) electrons. The van der Waals surface area contributed by atoms with E-state index in [1.54, 1.807) is 18.3 Å². The zero-order valence-corrected chi connectivity index (χ0v) is 15.5. The molecule has 1 aliphatic rings. The number of carbonyl (C=O) groups is 1. The van der Waals surface area contributed by atoms with Gasteiger partial charge in [-0.3, -0.25) is 4.79 Å². The SMILES string of the molecule is CCC(C)C(CO)NC(=O)c1ccc2cnc(NC3CCCC3)nc2c1. The van der Waals surface area contributed by atoms with Gasteiger partial charge in [0, 0.05) is 23.2 Å². The van der Waals surface area contributed by atoms with E-state index < -0.39 is 0 Å². The molecule has 2 atom stereocenters. The van der Waals surface area contributed by atoms with Gasteiger partial charge in [0.05, 0.1) is 18.2 Å². The molecular weight excluding hydrogens is 328 g/mol. The fourth-order valence-corrected chi connectivity index (χ4v) is 3.39. The summed E-state index contributed by atoms with van der Waals surface area (Å²) in [4.78, 5) is 21.5. The number of anilines is 1. The summed E-state index contributed by atoms with van der Waals surface area (Å²) in [7, 11) is 0. The molecule has 1 heterocycles. The highest BCUT2D eigenvalue weighted by Crippen LogP contribution is 2.22. The van der Waals surface area contributed by atoms with Crippen LogP contribution in [0.15, 0.2) is 24.4 Å². The van der Waals surface area contributed by atoms with Gasteiger partial charge in [-0.25, -0.2) is 9.97 Å². The number of hydrogen-bond donors (Lipinski definition) is 3. The van der Waals surface area contributed by atoms with E-state index in [1.807, 2.05) is 19.9 Å². The van der Waals surface area contributed by atoms with Crippen LogP contribution in [0.2, 0.25) is 0 Å². The molecule has 6 heteroatoms. The van der Waals surface area contributed by atoms with Gasteiger partial charge in [-0.05, 0) is 30.9 Å². The smallest absolute Gasteiger partial charge is 0.251 e. The molecular formula is C20H28N4O2. The van der Waals surface area contributed by atoms with E-state index in [9.17, 15) is 9.90 Å². The molecule has 140 valence electrons. The van der Waals surface area contributed by atoms with Crippen LogP contribution in [-0.2, 0) is 0 Å². The average Bonchev–Trinajstić information content (AvgIpc) is 3.17. The Kier molecular flexibility index (Phi) is 6.04. The van der Waals surface area contributed by atoms with Crippen LogP contribution >= 0.6 is 0 Å². The molecule has 2 aromatic rings. The number of nitrogens with one attached hydrogen (secondary N) is 2. The van der Waals surface area contributed by atoms with Crippen LogP contribution in [0, 0.1) is 5.92 Å². The Morgan fingerprint density at radius 1 is 1.35 bits per heavy atom. The molecule has 1 amide bonds. The van der Waals surface area contributed by atoms with Gasteiger partial charge in [0.2, 0.25) is 5.95 Å². The van der Waals surface area contributed by atoms with Gasteiger partial charge >= 0.3 is 0 Å². The number of hydrogen-bond acceptors (Lipinski definition) is 5. The summed E-state index contributed by atoms with van der Waals surface area (Å²) >= 11 is 0. The second kappa shape index (κ2) is 8.45. The van der Waals surface area contributed by atoms with Gasteiger partial charge in [-0.1, -0.05) is 39.2 Å². The summed E-state index contributed by atoms with van der Waals surface area (Å²) in [6, 6.07) is 5.63. The number of rotatable bonds is 7. The summed E-state index contributed by atoms with van der Waals surface area (Å²) in [5.74, 6) is 0.652. The molecule has 3 N–H and O–H groups in total. The maximum atomic E-state index is 12.6. The second-order valence-electron chi connectivity index (χ2n) is 7.24. The van der Waals surface area contributed by atoms with Crippen molar-refractivity contribution in [1.29, 1.82) is 0 Å². The third kappa shape index (κ3) is 4.30. The number of aliphatic hydroxyl groups excluding tert-OH is 1. The average molecular weight is 356 g/mol. The lowest BCUT2D eigenvalue weighted by Crippen LogP contribution is -2.41. The summed E-state index contributed by atoms with van der Waals surface area (Å²) in [5, 5.41) is 16.7. The fourth-order valence-electron chi connectivity index (χ4n) is 3.39. The van der Waals surface area contributed by atoms with Crippen molar-refractivity contribution in [3.05, 3.63) is 30.0 Å². The van der Waals surface area contributed by atoms with E-state index in [2.05, 4.69) is 20.6 Å². The Hall–Kier alpha value is -2.21. The van der Waals surface area contributed by atoms with Crippen molar-refractivity contribution in [3.8, 4) is 0 Å². The Bertz CT molecular complexity index is 759. The second-order valence-corrected chi connectivity index (χ2v) is 7.24. The number of aromatic nitrogens is 2. The largest absolute Gasteiger partial charge is 0.394 e.